The summed E-state index contributed by atoms with van der Waals surface area (Å²) in [7, 11) is 0. The lowest BCUT2D eigenvalue weighted by Gasteiger charge is -2.22. The number of urea groups is 1. The van der Waals surface area contributed by atoms with E-state index in [-0.39, 0.29) is 19.2 Å². The average Bonchev–Trinajstić information content (AvgIpc) is 2.42. The molecule has 0 aliphatic heterocycles. The van der Waals surface area contributed by atoms with Crippen molar-refractivity contribution in [2.75, 3.05) is 25.0 Å². The van der Waals surface area contributed by atoms with E-state index < -0.39 is 5.82 Å². The molecule has 2 N–H and O–H groups in total. The van der Waals surface area contributed by atoms with Gasteiger partial charge in [-0.2, -0.15) is 0 Å². The molecular formula is C14H20BrFN2O2. The average molecular weight is 347 g/mol. The van der Waals surface area contributed by atoms with E-state index in [0.717, 1.165) is 19.3 Å². The van der Waals surface area contributed by atoms with Gasteiger partial charge in [0.05, 0.1) is 12.3 Å². The molecule has 20 heavy (non-hydrogen) atoms. The van der Waals surface area contributed by atoms with Crippen LogP contribution < -0.4 is 5.32 Å². The number of rotatable bonds is 7. The fraction of sp³-hybridized carbons (Fsp3) is 0.500. The summed E-state index contributed by atoms with van der Waals surface area (Å²) in [5.74, 6) is -0.414. The standard InChI is InChI=1S/C14H20BrFN2O2/c1-2-3-4-7-18(8-9-19)14(20)17-13-10-11(16)5-6-12(13)15/h5-6,10,19H,2-4,7-9H2,1H3,(H,17,20). The van der Waals surface area contributed by atoms with Crippen molar-refractivity contribution in [2.45, 2.75) is 26.2 Å². The van der Waals surface area contributed by atoms with Crippen LogP contribution in [0, 0.1) is 5.82 Å². The molecule has 0 saturated carbocycles. The van der Waals surface area contributed by atoms with Crippen LogP contribution in [-0.4, -0.2) is 35.7 Å². The molecule has 0 heterocycles. The van der Waals surface area contributed by atoms with Crippen LogP contribution in [0.3, 0.4) is 0 Å². The van der Waals surface area contributed by atoms with Gasteiger partial charge < -0.3 is 15.3 Å². The molecule has 0 atom stereocenters. The van der Waals surface area contributed by atoms with E-state index in [1.54, 1.807) is 6.07 Å². The molecule has 0 aromatic heterocycles. The number of carbonyl (C=O) groups is 1. The Morgan fingerprint density at radius 2 is 2.15 bits per heavy atom. The zero-order chi connectivity index (χ0) is 15.0. The second-order valence-corrected chi connectivity index (χ2v) is 5.33. The number of halogens is 2. The monoisotopic (exact) mass is 346 g/mol. The molecule has 0 aliphatic carbocycles. The highest BCUT2D eigenvalue weighted by molar-refractivity contribution is 9.10. The second kappa shape index (κ2) is 8.92. The van der Waals surface area contributed by atoms with E-state index in [0.29, 0.717) is 16.7 Å². The summed E-state index contributed by atoms with van der Waals surface area (Å²) in [6.07, 6.45) is 2.97. The Morgan fingerprint density at radius 1 is 1.40 bits per heavy atom. The van der Waals surface area contributed by atoms with Gasteiger partial charge in [-0.1, -0.05) is 19.8 Å². The number of carbonyl (C=O) groups excluding carboxylic acids is 1. The van der Waals surface area contributed by atoms with Gasteiger partial charge in [0.1, 0.15) is 5.82 Å². The van der Waals surface area contributed by atoms with E-state index in [2.05, 4.69) is 28.2 Å². The van der Waals surface area contributed by atoms with Gasteiger partial charge in [0.15, 0.2) is 0 Å². The van der Waals surface area contributed by atoms with E-state index >= 15 is 0 Å². The van der Waals surface area contributed by atoms with Crippen LogP contribution in [0.15, 0.2) is 22.7 Å². The second-order valence-electron chi connectivity index (χ2n) is 4.47. The molecule has 1 aromatic carbocycles. The van der Waals surface area contributed by atoms with Gasteiger partial charge in [-0.25, -0.2) is 9.18 Å². The van der Waals surface area contributed by atoms with Crippen molar-refractivity contribution in [3.05, 3.63) is 28.5 Å². The first-order valence-corrected chi connectivity index (χ1v) is 7.49. The summed E-state index contributed by atoms with van der Waals surface area (Å²) < 4.78 is 13.8. The van der Waals surface area contributed by atoms with Crippen molar-refractivity contribution in [1.82, 2.24) is 4.90 Å². The van der Waals surface area contributed by atoms with E-state index in [9.17, 15) is 9.18 Å². The minimum atomic E-state index is -0.414. The van der Waals surface area contributed by atoms with Crippen molar-refractivity contribution in [3.8, 4) is 0 Å². The summed E-state index contributed by atoms with van der Waals surface area (Å²) in [5.41, 5.74) is 0.383. The minimum Gasteiger partial charge on any atom is -0.395 e. The summed E-state index contributed by atoms with van der Waals surface area (Å²) >= 11 is 3.26. The molecule has 0 radical (unpaired) electrons. The summed E-state index contributed by atoms with van der Waals surface area (Å²) in [4.78, 5) is 13.7. The fourth-order valence-electron chi connectivity index (χ4n) is 1.78. The topological polar surface area (TPSA) is 52.6 Å². The Balaban J connectivity index is 2.67. The normalized spacial score (nSPS) is 10.4. The summed E-state index contributed by atoms with van der Waals surface area (Å²) in [6.45, 7) is 2.83. The lowest BCUT2D eigenvalue weighted by molar-refractivity contribution is 0.187. The third kappa shape index (κ3) is 5.46. The highest BCUT2D eigenvalue weighted by Gasteiger charge is 2.14. The maximum atomic E-state index is 13.2. The van der Waals surface area contributed by atoms with Gasteiger partial charge in [-0.05, 0) is 40.5 Å². The first kappa shape index (κ1) is 16.9. The molecule has 0 fully saturated rings. The van der Waals surface area contributed by atoms with E-state index in [4.69, 9.17) is 5.11 Å². The predicted molar refractivity (Wildman–Crippen MR) is 81.3 cm³/mol. The van der Waals surface area contributed by atoms with Gasteiger partial charge in [0.25, 0.3) is 0 Å². The number of benzene rings is 1. The zero-order valence-corrected chi connectivity index (χ0v) is 13.1. The van der Waals surface area contributed by atoms with Crippen molar-refractivity contribution in [2.24, 2.45) is 0 Å². The van der Waals surface area contributed by atoms with Crippen LogP contribution in [0.25, 0.3) is 0 Å². The summed E-state index contributed by atoms with van der Waals surface area (Å²) in [5, 5.41) is 11.7. The van der Waals surface area contributed by atoms with Gasteiger partial charge in [-0.3, -0.25) is 0 Å². The van der Waals surface area contributed by atoms with Crippen LogP contribution in [0.2, 0.25) is 0 Å². The largest absolute Gasteiger partial charge is 0.395 e. The molecule has 6 heteroatoms. The van der Waals surface area contributed by atoms with Gasteiger partial charge >= 0.3 is 6.03 Å². The summed E-state index contributed by atoms with van der Waals surface area (Å²) in [6, 6.07) is 3.78. The number of unbranched alkanes of at least 4 members (excludes halogenated alkanes) is 2. The molecule has 0 spiro atoms. The third-order valence-electron chi connectivity index (χ3n) is 2.86. The molecule has 4 nitrogen and oxygen atoms in total. The first-order chi connectivity index (χ1) is 9.58. The third-order valence-corrected chi connectivity index (χ3v) is 3.55. The SMILES string of the molecule is CCCCCN(CCO)C(=O)Nc1cc(F)ccc1Br. The Labute approximate surface area is 127 Å². The lowest BCUT2D eigenvalue weighted by Crippen LogP contribution is -2.37. The highest BCUT2D eigenvalue weighted by Crippen LogP contribution is 2.23. The number of hydrogen-bond donors (Lipinski definition) is 2. The van der Waals surface area contributed by atoms with Crippen LogP contribution in [0.4, 0.5) is 14.9 Å². The molecule has 2 amide bonds. The van der Waals surface area contributed by atoms with Crippen LogP contribution in [0.1, 0.15) is 26.2 Å². The van der Waals surface area contributed by atoms with Crippen LogP contribution >= 0.6 is 15.9 Å². The van der Waals surface area contributed by atoms with E-state index in [1.165, 1.54) is 17.0 Å². The number of aliphatic hydroxyl groups is 1. The molecule has 0 saturated heterocycles. The number of amides is 2. The molecular weight excluding hydrogens is 327 g/mol. The lowest BCUT2D eigenvalue weighted by atomic mass is 10.2. The van der Waals surface area contributed by atoms with Crippen molar-refractivity contribution in [3.63, 3.8) is 0 Å². The number of nitrogens with one attached hydrogen (secondary N) is 1. The molecule has 0 unspecified atom stereocenters. The Hall–Kier alpha value is -1.14. The Kier molecular flexibility index (Phi) is 7.54. The molecule has 0 aliphatic rings. The molecule has 1 aromatic rings. The number of anilines is 1. The zero-order valence-electron chi connectivity index (χ0n) is 11.5. The predicted octanol–water partition coefficient (Wildman–Crippen LogP) is 3.60. The van der Waals surface area contributed by atoms with E-state index in [1.807, 2.05) is 0 Å². The maximum absolute atomic E-state index is 13.2. The van der Waals surface area contributed by atoms with Gasteiger partial charge in [0.2, 0.25) is 0 Å². The maximum Gasteiger partial charge on any atom is 0.321 e. The number of aliphatic hydroxyl groups excluding tert-OH is 1. The first-order valence-electron chi connectivity index (χ1n) is 6.70. The Bertz CT molecular complexity index is 443. The quantitative estimate of drug-likeness (QED) is 0.741. The van der Waals surface area contributed by atoms with Crippen molar-refractivity contribution in [1.29, 1.82) is 0 Å². The fourth-order valence-corrected chi connectivity index (χ4v) is 2.12. The van der Waals surface area contributed by atoms with Crippen molar-refractivity contribution < 1.29 is 14.3 Å². The number of nitrogens with zero attached hydrogens (tertiary/aromatic N) is 1. The Morgan fingerprint density at radius 3 is 2.80 bits per heavy atom. The molecule has 112 valence electrons. The van der Waals surface area contributed by atoms with Gasteiger partial charge in [0, 0.05) is 17.6 Å². The minimum absolute atomic E-state index is 0.0934. The molecule has 0 bridgehead atoms. The van der Waals surface area contributed by atoms with Crippen LogP contribution in [0.5, 0.6) is 0 Å². The smallest absolute Gasteiger partial charge is 0.321 e. The number of hydrogen-bond acceptors (Lipinski definition) is 2. The van der Waals surface area contributed by atoms with Gasteiger partial charge in [-0.15, -0.1) is 0 Å². The molecule has 1 rings (SSSR count). The van der Waals surface area contributed by atoms with Crippen molar-refractivity contribution >= 4 is 27.6 Å². The highest BCUT2D eigenvalue weighted by atomic mass is 79.9. The van der Waals surface area contributed by atoms with Crippen LogP contribution in [-0.2, 0) is 0 Å².